The Morgan fingerprint density at radius 2 is 0.681 bits per heavy atom. The molecule has 0 heterocycles. The van der Waals surface area contributed by atoms with Crippen molar-refractivity contribution in [2.24, 2.45) is 0 Å². The van der Waals surface area contributed by atoms with Crippen LogP contribution >= 0.6 is 7.82 Å². The van der Waals surface area contributed by atoms with Crippen LogP contribution in [-0.4, -0.2) is 66.5 Å². The largest absolute Gasteiger partial charge is 0.472 e. The third-order valence-corrected chi connectivity index (χ3v) is 14.3. The smallest absolute Gasteiger partial charge is 0.462 e. The predicted molar refractivity (Wildman–Crippen MR) is 298 cm³/mol. The van der Waals surface area contributed by atoms with E-state index in [1.54, 1.807) is 0 Å². The van der Waals surface area contributed by atoms with E-state index >= 15 is 0 Å². The molecular weight excluding hydrogens is 928 g/mol. The van der Waals surface area contributed by atoms with E-state index in [1.807, 2.05) is 0 Å². The number of allylic oxidation sites excluding steroid dienone is 4. The SMILES string of the molecule is CCCCC/C=C\C/C=C\CCCCCCCCCCCC(=O)OC(COC(=O)CCCCCCCCCCCCC)COP(=O)(O)OCC(CO)OC(=O)CCCCCCCCCCCCCCCCC. The molecule has 3 unspecified atom stereocenters. The van der Waals surface area contributed by atoms with Crippen molar-refractivity contribution in [3.8, 4) is 0 Å². The molecule has 0 radical (unpaired) electrons. The Labute approximate surface area is 442 Å². The van der Waals surface area contributed by atoms with E-state index in [-0.39, 0.29) is 25.9 Å². The molecule has 72 heavy (non-hydrogen) atoms. The first-order valence-electron chi connectivity index (χ1n) is 30.2. The fraction of sp³-hybridized carbons (Fsp3) is 0.883. The van der Waals surface area contributed by atoms with E-state index in [0.717, 1.165) is 70.6 Å². The maximum atomic E-state index is 12.9. The molecule has 0 rings (SSSR count). The van der Waals surface area contributed by atoms with Crippen molar-refractivity contribution in [2.75, 3.05) is 26.4 Å². The maximum Gasteiger partial charge on any atom is 0.472 e. The molecule has 0 saturated heterocycles. The summed E-state index contributed by atoms with van der Waals surface area (Å²) in [6, 6.07) is 0. The van der Waals surface area contributed by atoms with Gasteiger partial charge >= 0.3 is 25.7 Å². The van der Waals surface area contributed by atoms with Gasteiger partial charge in [0.2, 0.25) is 0 Å². The predicted octanol–water partition coefficient (Wildman–Crippen LogP) is 17.8. The maximum absolute atomic E-state index is 12.9. The van der Waals surface area contributed by atoms with Crippen LogP contribution in [0.15, 0.2) is 24.3 Å². The highest BCUT2D eigenvalue weighted by Gasteiger charge is 2.28. The van der Waals surface area contributed by atoms with E-state index in [4.69, 9.17) is 23.3 Å². The molecule has 0 aromatic carbocycles. The van der Waals surface area contributed by atoms with E-state index in [9.17, 15) is 28.9 Å². The Bertz CT molecular complexity index is 1310. The summed E-state index contributed by atoms with van der Waals surface area (Å²) in [6.07, 6.45) is 55.6. The molecule has 0 saturated carbocycles. The van der Waals surface area contributed by atoms with Crippen LogP contribution in [-0.2, 0) is 42.2 Å². The van der Waals surface area contributed by atoms with Gasteiger partial charge < -0.3 is 24.2 Å². The van der Waals surface area contributed by atoms with Gasteiger partial charge in [0, 0.05) is 19.3 Å². The summed E-state index contributed by atoms with van der Waals surface area (Å²) in [4.78, 5) is 48.5. The lowest BCUT2D eigenvalue weighted by molar-refractivity contribution is -0.161. The Morgan fingerprint density at radius 3 is 1.06 bits per heavy atom. The Balaban J connectivity index is 4.63. The van der Waals surface area contributed by atoms with Gasteiger partial charge in [0.05, 0.1) is 19.8 Å². The number of hydrogen-bond acceptors (Lipinski definition) is 10. The minimum absolute atomic E-state index is 0.168. The highest BCUT2D eigenvalue weighted by Crippen LogP contribution is 2.43. The van der Waals surface area contributed by atoms with Gasteiger partial charge in [-0.3, -0.25) is 23.4 Å². The van der Waals surface area contributed by atoms with Crippen LogP contribution < -0.4 is 0 Å². The quantitative estimate of drug-likeness (QED) is 0.0197. The molecule has 0 bridgehead atoms. The van der Waals surface area contributed by atoms with Gasteiger partial charge in [0.1, 0.15) is 12.7 Å². The van der Waals surface area contributed by atoms with Gasteiger partial charge in [-0.1, -0.05) is 257 Å². The molecule has 0 spiro atoms. The van der Waals surface area contributed by atoms with Crippen LogP contribution in [0.4, 0.5) is 0 Å². The van der Waals surface area contributed by atoms with Crippen molar-refractivity contribution in [3.05, 3.63) is 24.3 Å². The number of phosphoric acid groups is 1. The second kappa shape index (κ2) is 55.2. The first-order chi connectivity index (χ1) is 35.2. The van der Waals surface area contributed by atoms with Crippen molar-refractivity contribution in [1.29, 1.82) is 0 Å². The van der Waals surface area contributed by atoms with Gasteiger partial charge in [-0.2, -0.15) is 0 Å². The van der Waals surface area contributed by atoms with E-state index in [1.165, 1.54) is 173 Å². The summed E-state index contributed by atoms with van der Waals surface area (Å²) in [5, 5.41) is 9.82. The fourth-order valence-corrected chi connectivity index (χ4v) is 9.53. The van der Waals surface area contributed by atoms with Crippen LogP contribution in [0.2, 0.25) is 0 Å². The molecule has 0 aliphatic rings. The molecule has 0 amide bonds. The van der Waals surface area contributed by atoms with Crippen LogP contribution in [0.25, 0.3) is 0 Å². The molecule has 0 fully saturated rings. The molecule has 3 atom stereocenters. The number of phosphoric ester groups is 1. The number of hydrogen-bond donors (Lipinski definition) is 2. The summed E-state index contributed by atoms with van der Waals surface area (Å²) in [7, 11) is -4.74. The molecule has 0 aromatic heterocycles. The van der Waals surface area contributed by atoms with Crippen molar-refractivity contribution >= 4 is 25.7 Å². The molecule has 424 valence electrons. The number of carbonyl (C=O) groups excluding carboxylic acids is 3. The van der Waals surface area contributed by atoms with Crippen molar-refractivity contribution in [2.45, 2.75) is 315 Å². The van der Waals surface area contributed by atoms with Gasteiger partial charge in [-0.25, -0.2) is 4.57 Å². The first-order valence-corrected chi connectivity index (χ1v) is 31.7. The molecule has 0 aliphatic carbocycles. The summed E-state index contributed by atoms with van der Waals surface area (Å²) in [6.45, 7) is 4.67. The molecule has 2 N–H and O–H groups in total. The van der Waals surface area contributed by atoms with E-state index in [0.29, 0.717) is 19.3 Å². The second-order valence-electron chi connectivity index (χ2n) is 20.5. The average molecular weight is 1040 g/mol. The standard InChI is InChI=1S/C60H113O11P/c1-4-7-10-13-16-19-22-24-26-27-28-29-31-33-36-39-42-45-48-51-60(64)71-57(53-67-58(62)49-46-43-40-37-34-21-18-15-12-9-6-3)55-69-72(65,66)68-54-56(52-61)70-59(63)50-47-44-41-38-35-32-30-25-23-20-17-14-11-8-5-2/h16,19,24,26,56-57,61H,4-15,17-18,20-23,25,27-55H2,1-3H3,(H,65,66)/b19-16-,26-24-. The van der Waals surface area contributed by atoms with Crippen molar-refractivity contribution in [3.63, 3.8) is 0 Å². The summed E-state index contributed by atoms with van der Waals surface area (Å²) < 4.78 is 39.6. The van der Waals surface area contributed by atoms with Gasteiger partial charge in [0.25, 0.3) is 0 Å². The van der Waals surface area contributed by atoms with E-state index < -0.39 is 57.8 Å². The van der Waals surface area contributed by atoms with Crippen LogP contribution in [0.1, 0.15) is 303 Å². The van der Waals surface area contributed by atoms with Crippen molar-refractivity contribution < 1.29 is 52.2 Å². The highest BCUT2D eigenvalue weighted by molar-refractivity contribution is 7.47. The topological polar surface area (TPSA) is 155 Å². The molecule has 11 nitrogen and oxygen atoms in total. The molecular formula is C60H113O11P. The van der Waals surface area contributed by atoms with Crippen LogP contribution in [0, 0.1) is 0 Å². The number of carbonyl (C=O) groups is 3. The summed E-state index contributed by atoms with van der Waals surface area (Å²) >= 11 is 0. The van der Waals surface area contributed by atoms with Crippen molar-refractivity contribution in [1.82, 2.24) is 0 Å². The number of esters is 3. The van der Waals surface area contributed by atoms with Gasteiger partial charge in [-0.15, -0.1) is 0 Å². The van der Waals surface area contributed by atoms with Crippen LogP contribution in [0.5, 0.6) is 0 Å². The van der Waals surface area contributed by atoms with E-state index in [2.05, 4.69) is 45.1 Å². The lowest BCUT2D eigenvalue weighted by atomic mass is 10.0. The minimum Gasteiger partial charge on any atom is -0.462 e. The number of aliphatic hydroxyl groups is 1. The minimum atomic E-state index is -4.74. The number of rotatable bonds is 57. The van der Waals surface area contributed by atoms with Gasteiger partial charge in [0.15, 0.2) is 6.10 Å². The Kier molecular flexibility index (Phi) is 53.6. The monoisotopic (exact) mass is 1040 g/mol. The molecule has 0 aliphatic heterocycles. The Hall–Kier alpha value is -2.04. The zero-order valence-corrected chi connectivity index (χ0v) is 47.8. The zero-order chi connectivity index (χ0) is 52.7. The zero-order valence-electron chi connectivity index (χ0n) is 46.9. The second-order valence-corrected chi connectivity index (χ2v) is 22.0. The number of aliphatic hydroxyl groups excluding tert-OH is 1. The average Bonchev–Trinajstić information content (AvgIpc) is 3.37. The first kappa shape index (κ1) is 70.0. The lowest BCUT2D eigenvalue weighted by Crippen LogP contribution is -2.30. The third-order valence-electron chi connectivity index (χ3n) is 13.4. The van der Waals surface area contributed by atoms with Gasteiger partial charge in [-0.05, 0) is 51.4 Å². The molecule has 0 aromatic rings. The highest BCUT2D eigenvalue weighted by atomic mass is 31.2. The lowest BCUT2D eigenvalue weighted by Gasteiger charge is -2.21. The third kappa shape index (κ3) is 52.8. The molecule has 12 heteroatoms. The normalized spacial score (nSPS) is 13.5. The van der Waals surface area contributed by atoms with Crippen LogP contribution in [0.3, 0.4) is 0 Å². The summed E-state index contributed by atoms with van der Waals surface area (Å²) in [5.41, 5.74) is 0. The Morgan fingerprint density at radius 1 is 0.389 bits per heavy atom. The number of ether oxygens (including phenoxy) is 3. The summed E-state index contributed by atoms with van der Waals surface area (Å²) in [5.74, 6) is -1.44. The number of unbranched alkanes of at least 4 members (excludes halogenated alkanes) is 36. The fourth-order valence-electron chi connectivity index (χ4n) is 8.74.